The second-order valence-electron chi connectivity index (χ2n) is 23.2. The lowest BCUT2D eigenvalue weighted by Gasteiger charge is -2.46. The number of rotatable bonds is 53. The molecule has 0 saturated carbocycles. The van der Waals surface area contributed by atoms with Gasteiger partial charge in [-0.25, -0.2) is 0 Å². The van der Waals surface area contributed by atoms with Gasteiger partial charge in [0.25, 0.3) is 0 Å². The van der Waals surface area contributed by atoms with Crippen molar-refractivity contribution < 1.29 is 64.6 Å². The number of unbranched alkanes of at least 4 members (excludes halogenated alkanes) is 28. The minimum Gasteiger partial charge on any atom is -0.394 e. The zero-order valence-electron chi connectivity index (χ0n) is 51.9. The third-order valence-corrected chi connectivity index (χ3v) is 15.8. The summed E-state index contributed by atoms with van der Waals surface area (Å²) in [5.74, 6) is -0.243. The molecule has 480 valence electrons. The van der Waals surface area contributed by atoms with E-state index in [0.717, 1.165) is 83.5 Å². The van der Waals surface area contributed by atoms with E-state index in [9.17, 15) is 45.6 Å². The van der Waals surface area contributed by atoms with Crippen molar-refractivity contribution >= 4 is 5.91 Å². The van der Waals surface area contributed by atoms with Gasteiger partial charge >= 0.3 is 0 Å². The predicted octanol–water partition coefficient (Wildman–Crippen LogP) is 12.8. The van der Waals surface area contributed by atoms with Gasteiger partial charge in [-0.3, -0.25) is 4.79 Å². The van der Waals surface area contributed by atoms with E-state index in [-0.39, 0.29) is 18.9 Å². The summed E-state index contributed by atoms with van der Waals surface area (Å²) in [5.41, 5.74) is 0. The van der Waals surface area contributed by atoms with Gasteiger partial charge in [-0.1, -0.05) is 259 Å². The maximum Gasteiger partial charge on any atom is 0.220 e. The molecule has 0 bridgehead atoms. The van der Waals surface area contributed by atoms with Crippen LogP contribution in [0.5, 0.6) is 0 Å². The van der Waals surface area contributed by atoms with E-state index in [1.807, 2.05) is 6.08 Å². The van der Waals surface area contributed by atoms with Gasteiger partial charge < -0.3 is 65.1 Å². The van der Waals surface area contributed by atoms with Crippen LogP contribution in [0.2, 0.25) is 0 Å². The number of ether oxygens (including phenoxy) is 4. The minimum atomic E-state index is -1.79. The lowest BCUT2D eigenvalue weighted by Crippen LogP contribution is -2.65. The highest BCUT2D eigenvalue weighted by Gasteiger charge is 2.51. The molecule has 0 aromatic heterocycles. The maximum absolute atomic E-state index is 13.3. The first-order chi connectivity index (χ1) is 40.6. The number of allylic oxidation sites excluding steroid dienone is 13. The van der Waals surface area contributed by atoms with Crippen LogP contribution in [0, 0.1) is 0 Å². The normalized spacial score (nSPS) is 24.4. The Hall–Kier alpha value is -2.83. The number of amides is 1. The van der Waals surface area contributed by atoms with E-state index in [1.54, 1.807) is 6.08 Å². The van der Waals surface area contributed by atoms with Gasteiger partial charge in [0.15, 0.2) is 12.6 Å². The number of aliphatic hydroxyl groups excluding tert-OH is 8. The number of carbonyl (C=O) groups is 1. The molecule has 0 spiro atoms. The molecule has 0 aliphatic carbocycles. The Labute approximate surface area is 503 Å². The van der Waals surface area contributed by atoms with Crippen LogP contribution in [0.4, 0.5) is 0 Å². The Bertz CT molecular complexity index is 1710. The molecule has 2 aliphatic rings. The van der Waals surface area contributed by atoms with E-state index >= 15 is 0 Å². The van der Waals surface area contributed by atoms with Crippen LogP contribution in [0.15, 0.2) is 85.1 Å². The smallest absolute Gasteiger partial charge is 0.220 e. The molecule has 2 rings (SSSR count). The second-order valence-corrected chi connectivity index (χ2v) is 23.2. The predicted molar refractivity (Wildman–Crippen MR) is 336 cm³/mol. The van der Waals surface area contributed by atoms with Crippen molar-refractivity contribution in [3.8, 4) is 0 Å². The highest BCUT2D eigenvalue weighted by atomic mass is 16.7. The van der Waals surface area contributed by atoms with Crippen LogP contribution >= 0.6 is 0 Å². The number of hydrogen-bond donors (Lipinski definition) is 9. The van der Waals surface area contributed by atoms with E-state index in [0.29, 0.717) is 6.42 Å². The summed E-state index contributed by atoms with van der Waals surface area (Å²) in [6.45, 7) is 2.70. The lowest BCUT2D eigenvalue weighted by atomic mass is 9.97. The Morgan fingerprint density at radius 1 is 0.446 bits per heavy atom. The fourth-order valence-electron chi connectivity index (χ4n) is 10.5. The summed E-state index contributed by atoms with van der Waals surface area (Å²) in [4.78, 5) is 13.3. The molecule has 2 aliphatic heterocycles. The van der Waals surface area contributed by atoms with Crippen molar-refractivity contribution in [2.24, 2.45) is 0 Å². The largest absolute Gasteiger partial charge is 0.394 e. The summed E-state index contributed by atoms with van der Waals surface area (Å²) in [7, 11) is 0. The Kier molecular flexibility index (Phi) is 49.1. The summed E-state index contributed by atoms with van der Waals surface area (Å²) in [6.07, 6.45) is 56.2. The second kappa shape index (κ2) is 53.4. The lowest BCUT2D eigenvalue weighted by molar-refractivity contribution is -0.359. The van der Waals surface area contributed by atoms with E-state index in [2.05, 4.69) is 92.1 Å². The van der Waals surface area contributed by atoms with Crippen molar-refractivity contribution in [3.05, 3.63) is 85.1 Å². The average Bonchev–Trinajstić information content (AvgIpc) is 3.64. The van der Waals surface area contributed by atoms with Crippen LogP contribution in [-0.4, -0.2) is 140 Å². The highest BCUT2D eigenvalue weighted by molar-refractivity contribution is 5.76. The van der Waals surface area contributed by atoms with Gasteiger partial charge in [0.2, 0.25) is 5.91 Å². The number of nitrogens with one attached hydrogen (secondary N) is 1. The fourth-order valence-corrected chi connectivity index (χ4v) is 10.5. The highest BCUT2D eigenvalue weighted by Crippen LogP contribution is 2.30. The average molecular weight is 1170 g/mol. The first-order valence-electron chi connectivity index (χ1n) is 33.3. The summed E-state index contributed by atoms with van der Waals surface area (Å²) < 4.78 is 22.8. The van der Waals surface area contributed by atoms with Crippen molar-refractivity contribution in [1.29, 1.82) is 0 Å². The van der Waals surface area contributed by atoms with Gasteiger partial charge in [0, 0.05) is 6.42 Å². The minimum absolute atomic E-state index is 0.243. The molecule has 14 heteroatoms. The number of aliphatic hydroxyl groups is 8. The molecule has 0 radical (unpaired) electrons. The molecule has 14 nitrogen and oxygen atoms in total. The molecule has 2 fully saturated rings. The van der Waals surface area contributed by atoms with Gasteiger partial charge in [-0.05, 0) is 70.6 Å². The first-order valence-corrected chi connectivity index (χ1v) is 33.3. The van der Waals surface area contributed by atoms with Crippen molar-refractivity contribution in [2.75, 3.05) is 19.8 Å². The van der Waals surface area contributed by atoms with Crippen LogP contribution in [-0.2, 0) is 23.7 Å². The van der Waals surface area contributed by atoms with Gasteiger partial charge in [0.05, 0.1) is 32.0 Å². The number of hydrogen-bond acceptors (Lipinski definition) is 13. The summed E-state index contributed by atoms with van der Waals surface area (Å²) >= 11 is 0. The monoisotopic (exact) mass is 1170 g/mol. The topological polar surface area (TPSA) is 228 Å². The fraction of sp³-hybridized carbons (Fsp3) is 0.783. The molecule has 2 saturated heterocycles. The Morgan fingerprint density at radius 3 is 1.28 bits per heavy atom. The third kappa shape index (κ3) is 38.1. The zero-order chi connectivity index (χ0) is 60.2. The molecule has 12 unspecified atom stereocenters. The Balaban J connectivity index is 1.69. The molecule has 0 aromatic rings. The first kappa shape index (κ1) is 76.3. The molecule has 9 N–H and O–H groups in total. The van der Waals surface area contributed by atoms with Crippen molar-refractivity contribution in [3.63, 3.8) is 0 Å². The number of carbonyl (C=O) groups excluding carboxylic acids is 1. The van der Waals surface area contributed by atoms with Crippen molar-refractivity contribution in [1.82, 2.24) is 5.32 Å². The third-order valence-electron chi connectivity index (χ3n) is 15.8. The quantitative estimate of drug-likeness (QED) is 0.0204. The van der Waals surface area contributed by atoms with Gasteiger partial charge in [-0.2, -0.15) is 0 Å². The zero-order valence-corrected chi connectivity index (χ0v) is 51.9. The molecule has 1 amide bonds. The molecule has 0 aromatic carbocycles. The summed E-state index contributed by atoms with van der Waals surface area (Å²) in [6, 6.07) is -0.921. The SMILES string of the molecule is CC/C=C\C/C=C\C/C=C\C/C=C\C/C=C\C/C=C\CCCCCCCCCCCCCCC(=O)NC(COC1OC(CO)C(OC2OC(CO)C(O)C(O)C2O)C(O)C1O)C(O)/C=C/CCCCCCCCCCCCCCCCCC. The standard InChI is InChI=1S/C69H121NO13/c1-3-5-7-9-11-13-15-17-19-21-23-24-25-26-27-28-29-30-31-32-33-34-35-37-39-41-43-45-47-49-51-53-61(74)70-57(58(73)52-50-48-46-44-42-40-38-36-22-20-18-16-14-12-10-8-6-4-2)56-80-68-66(79)64(77)67(60(55-72)82-68)83-69-65(78)63(76)62(75)59(54-71)81-69/h5,7,11,13,17,19,23-24,26-27,29-30,50,52,57-60,62-69,71-73,75-79H,3-4,6,8-10,12,14-16,18,20-22,25,28,31-49,51,53-56H2,1-2H3,(H,70,74)/b7-5-,13-11-,19-17-,24-23-,27-26-,30-29-,52-50+. The van der Waals surface area contributed by atoms with Crippen LogP contribution in [0.3, 0.4) is 0 Å². The van der Waals surface area contributed by atoms with Gasteiger partial charge in [0.1, 0.15) is 48.8 Å². The van der Waals surface area contributed by atoms with Crippen LogP contribution in [0.25, 0.3) is 0 Å². The van der Waals surface area contributed by atoms with E-state index in [1.165, 1.54) is 141 Å². The molecule has 83 heavy (non-hydrogen) atoms. The van der Waals surface area contributed by atoms with Crippen LogP contribution < -0.4 is 5.32 Å². The molecular weight excluding hydrogens is 1050 g/mol. The van der Waals surface area contributed by atoms with E-state index in [4.69, 9.17) is 18.9 Å². The van der Waals surface area contributed by atoms with Crippen LogP contribution in [0.1, 0.15) is 251 Å². The maximum atomic E-state index is 13.3. The molecular formula is C69H121NO13. The van der Waals surface area contributed by atoms with E-state index < -0.39 is 86.8 Å². The van der Waals surface area contributed by atoms with Crippen molar-refractivity contribution in [2.45, 2.75) is 325 Å². The molecule has 12 atom stereocenters. The molecule has 2 heterocycles. The summed E-state index contributed by atoms with van der Waals surface area (Å²) in [5, 5.41) is 87.3. The Morgan fingerprint density at radius 2 is 0.831 bits per heavy atom. The van der Waals surface area contributed by atoms with Gasteiger partial charge in [-0.15, -0.1) is 0 Å².